The van der Waals surface area contributed by atoms with E-state index in [1.165, 1.54) is 0 Å². The molecular weight excluding hydrogens is 256 g/mol. The molecule has 1 saturated heterocycles. The molecule has 0 aliphatic carbocycles. The van der Waals surface area contributed by atoms with Gasteiger partial charge in [-0.25, -0.2) is 9.48 Å². The van der Waals surface area contributed by atoms with Gasteiger partial charge in [0, 0.05) is 5.56 Å². The predicted molar refractivity (Wildman–Crippen MR) is 76.0 cm³/mol. The number of nitrogens with one attached hydrogen (secondary N) is 2. The van der Waals surface area contributed by atoms with E-state index in [0.29, 0.717) is 5.82 Å². The van der Waals surface area contributed by atoms with Gasteiger partial charge in [0.2, 0.25) is 0 Å². The summed E-state index contributed by atoms with van der Waals surface area (Å²) in [6.07, 6.45) is 1.87. The fourth-order valence-electron chi connectivity index (χ4n) is 2.54. The van der Waals surface area contributed by atoms with Crippen LogP contribution < -0.4 is 15.7 Å². The zero-order valence-corrected chi connectivity index (χ0v) is 11.4. The number of nitrogens with zero attached hydrogens (tertiary/aromatic N) is 2. The van der Waals surface area contributed by atoms with E-state index in [9.17, 15) is 4.79 Å². The molecule has 0 amide bonds. The second kappa shape index (κ2) is 5.50. The van der Waals surface area contributed by atoms with Crippen LogP contribution in [0.5, 0.6) is 5.75 Å². The van der Waals surface area contributed by atoms with E-state index in [1.807, 2.05) is 24.3 Å². The monoisotopic (exact) mass is 274 g/mol. The first-order valence-corrected chi connectivity index (χ1v) is 6.82. The maximum atomic E-state index is 12.1. The van der Waals surface area contributed by atoms with Crippen LogP contribution in [0.2, 0.25) is 0 Å². The standard InChI is InChI=1S/C14H18N4O2/c1-20-12-4-2-3-10(9-12)13-16-14(19)18(17-13)11-5-7-15-8-6-11/h2-4,9,11,15H,5-8H2,1H3,(H,16,17,19). The highest BCUT2D eigenvalue weighted by Gasteiger charge is 2.19. The van der Waals surface area contributed by atoms with Crippen LogP contribution in [0.15, 0.2) is 29.1 Å². The number of benzene rings is 1. The van der Waals surface area contributed by atoms with Crippen molar-refractivity contribution in [2.24, 2.45) is 0 Å². The molecule has 0 saturated carbocycles. The van der Waals surface area contributed by atoms with Crippen molar-refractivity contribution in [1.29, 1.82) is 0 Å². The molecule has 0 atom stereocenters. The number of hydrogen-bond acceptors (Lipinski definition) is 4. The Morgan fingerprint density at radius 1 is 1.35 bits per heavy atom. The van der Waals surface area contributed by atoms with Gasteiger partial charge in [0.15, 0.2) is 5.82 Å². The summed E-state index contributed by atoms with van der Waals surface area (Å²) < 4.78 is 6.77. The third-order valence-electron chi connectivity index (χ3n) is 3.64. The van der Waals surface area contributed by atoms with Crippen LogP contribution in [0.4, 0.5) is 0 Å². The van der Waals surface area contributed by atoms with Crippen molar-refractivity contribution in [3.63, 3.8) is 0 Å². The Bertz CT molecular complexity index is 641. The molecule has 1 aliphatic rings. The lowest BCUT2D eigenvalue weighted by Gasteiger charge is -2.21. The van der Waals surface area contributed by atoms with Crippen molar-refractivity contribution >= 4 is 0 Å². The van der Waals surface area contributed by atoms with Crippen LogP contribution in [-0.2, 0) is 0 Å². The maximum Gasteiger partial charge on any atom is 0.343 e. The summed E-state index contributed by atoms with van der Waals surface area (Å²) in [5, 5.41) is 7.73. The Morgan fingerprint density at radius 3 is 2.90 bits per heavy atom. The molecule has 0 radical (unpaired) electrons. The summed E-state index contributed by atoms with van der Waals surface area (Å²) in [5.41, 5.74) is 0.712. The second-order valence-corrected chi connectivity index (χ2v) is 4.94. The molecule has 6 heteroatoms. The number of aromatic nitrogens is 3. The number of ether oxygens (including phenoxy) is 1. The summed E-state index contributed by atoms with van der Waals surface area (Å²) in [6.45, 7) is 1.86. The number of methoxy groups -OCH3 is 1. The third kappa shape index (κ3) is 2.46. The Morgan fingerprint density at radius 2 is 2.15 bits per heavy atom. The van der Waals surface area contributed by atoms with Crippen molar-refractivity contribution in [3.05, 3.63) is 34.7 Å². The van der Waals surface area contributed by atoms with Crippen LogP contribution in [0.1, 0.15) is 18.9 Å². The van der Waals surface area contributed by atoms with Gasteiger partial charge in [-0.05, 0) is 38.1 Å². The molecule has 2 aromatic rings. The van der Waals surface area contributed by atoms with Crippen LogP contribution in [-0.4, -0.2) is 35.0 Å². The predicted octanol–water partition coefficient (Wildman–Crippen LogP) is 1.17. The molecule has 6 nitrogen and oxygen atoms in total. The first-order chi connectivity index (χ1) is 9.78. The molecule has 1 fully saturated rings. The number of piperidine rings is 1. The third-order valence-corrected chi connectivity index (χ3v) is 3.64. The summed E-state index contributed by atoms with van der Waals surface area (Å²) in [5.74, 6) is 1.34. The SMILES string of the molecule is COc1cccc(-c2nn(C3CCNCC3)c(=O)[nH]2)c1. The molecule has 2 N–H and O–H groups in total. The van der Waals surface area contributed by atoms with Crippen molar-refractivity contribution in [1.82, 2.24) is 20.1 Å². The molecule has 1 aliphatic heterocycles. The van der Waals surface area contributed by atoms with Crippen molar-refractivity contribution in [2.75, 3.05) is 20.2 Å². The zero-order valence-electron chi connectivity index (χ0n) is 11.4. The Hall–Kier alpha value is -2.08. The van der Waals surface area contributed by atoms with Crippen LogP contribution in [0.25, 0.3) is 11.4 Å². The van der Waals surface area contributed by atoms with E-state index in [4.69, 9.17) is 4.74 Å². The summed E-state index contributed by atoms with van der Waals surface area (Å²) in [7, 11) is 1.62. The number of H-pyrrole nitrogens is 1. The highest BCUT2D eigenvalue weighted by atomic mass is 16.5. The largest absolute Gasteiger partial charge is 0.497 e. The highest BCUT2D eigenvalue weighted by molar-refractivity contribution is 5.56. The fourth-order valence-corrected chi connectivity index (χ4v) is 2.54. The van der Waals surface area contributed by atoms with Gasteiger partial charge in [0.05, 0.1) is 13.2 Å². The minimum absolute atomic E-state index is 0.144. The smallest absolute Gasteiger partial charge is 0.343 e. The Kier molecular flexibility index (Phi) is 3.56. The van der Waals surface area contributed by atoms with Crippen LogP contribution in [0, 0.1) is 0 Å². The van der Waals surface area contributed by atoms with E-state index >= 15 is 0 Å². The van der Waals surface area contributed by atoms with Gasteiger partial charge < -0.3 is 10.1 Å². The lowest BCUT2D eigenvalue weighted by atomic mass is 10.1. The Labute approximate surface area is 116 Å². The normalized spacial score (nSPS) is 16.2. The number of rotatable bonds is 3. The van der Waals surface area contributed by atoms with Crippen molar-refractivity contribution < 1.29 is 4.74 Å². The Balaban J connectivity index is 1.93. The van der Waals surface area contributed by atoms with Gasteiger partial charge in [0.1, 0.15) is 5.75 Å². The maximum absolute atomic E-state index is 12.1. The molecular formula is C14H18N4O2. The molecule has 1 aromatic carbocycles. The summed E-state index contributed by atoms with van der Waals surface area (Å²) >= 11 is 0. The summed E-state index contributed by atoms with van der Waals surface area (Å²) in [6, 6.07) is 7.71. The highest BCUT2D eigenvalue weighted by Crippen LogP contribution is 2.21. The van der Waals surface area contributed by atoms with Crippen LogP contribution >= 0.6 is 0 Å². The van der Waals surface area contributed by atoms with E-state index in [-0.39, 0.29) is 11.7 Å². The quantitative estimate of drug-likeness (QED) is 0.881. The number of hydrogen-bond donors (Lipinski definition) is 2. The van der Waals surface area contributed by atoms with Crippen molar-refractivity contribution in [2.45, 2.75) is 18.9 Å². The van der Waals surface area contributed by atoms with E-state index < -0.39 is 0 Å². The molecule has 1 aromatic heterocycles. The minimum atomic E-state index is -0.144. The van der Waals surface area contributed by atoms with E-state index in [1.54, 1.807) is 11.8 Å². The minimum Gasteiger partial charge on any atom is -0.497 e. The first kappa shape index (κ1) is 12.9. The topological polar surface area (TPSA) is 71.9 Å². The molecule has 0 bridgehead atoms. The van der Waals surface area contributed by atoms with Gasteiger partial charge in [-0.2, -0.15) is 0 Å². The van der Waals surface area contributed by atoms with Gasteiger partial charge >= 0.3 is 5.69 Å². The lowest BCUT2D eigenvalue weighted by molar-refractivity contribution is 0.336. The second-order valence-electron chi connectivity index (χ2n) is 4.94. The number of aromatic amines is 1. The first-order valence-electron chi connectivity index (χ1n) is 6.82. The average Bonchev–Trinajstić information content (AvgIpc) is 2.90. The van der Waals surface area contributed by atoms with Gasteiger partial charge in [-0.15, -0.1) is 5.10 Å². The van der Waals surface area contributed by atoms with E-state index in [0.717, 1.165) is 37.2 Å². The molecule has 106 valence electrons. The van der Waals surface area contributed by atoms with Gasteiger partial charge in [-0.3, -0.25) is 4.98 Å². The molecule has 2 heterocycles. The zero-order chi connectivity index (χ0) is 13.9. The van der Waals surface area contributed by atoms with E-state index in [2.05, 4.69) is 15.4 Å². The fraction of sp³-hybridized carbons (Fsp3) is 0.429. The molecule has 3 rings (SSSR count). The lowest BCUT2D eigenvalue weighted by Crippen LogP contribution is -2.33. The van der Waals surface area contributed by atoms with Gasteiger partial charge in [-0.1, -0.05) is 12.1 Å². The van der Waals surface area contributed by atoms with Crippen LogP contribution in [0.3, 0.4) is 0 Å². The molecule has 0 spiro atoms. The van der Waals surface area contributed by atoms with Crippen molar-refractivity contribution in [3.8, 4) is 17.1 Å². The summed E-state index contributed by atoms with van der Waals surface area (Å²) in [4.78, 5) is 14.9. The van der Waals surface area contributed by atoms with Gasteiger partial charge in [0.25, 0.3) is 0 Å². The molecule has 0 unspecified atom stereocenters. The average molecular weight is 274 g/mol. The molecule has 20 heavy (non-hydrogen) atoms.